The molecule has 1 aliphatic heterocycles. The van der Waals surface area contributed by atoms with Crippen molar-refractivity contribution < 1.29 is 13.6 Å². The van der Waals surface area contributed by atoms with Crippen molar-refractivity contribution in [2.45, 2.75) is 6.92 Å². The number of hydrogen-bond acceptors (Lipinski definition) is 5. The summed E-state index contributed by atoms with van der Waals surface area (Å²) < 4.78 is 28.3. The highest BCUT2D eigenvalue weighted by Crippen LogP contribution is 2.19. The first-order chi connectivity index (χ1) is 13.5. The summed E-state index contributed by atoms with van der Waals surface area (Å²) in [6.07, 6.45) is 5.16. The molecule has 9 heteroatoms. The van der Waals surface area contributed by atoms with Gasteiger partial charge in [0, 0.05) is 50.2 Å². The third-order valence-electron chi connectivity index (χ3n) is 4.64. The Labute approximate surface area is 160 Å². The molecular formula is C19H18F2N6O. The van der Waals surface area contributed by atoms with E-state index >= 15 is 0 Å². The maximum atomic E-state index is 13.4. The first-order valence-corrected chi connectivity index (χ1v) is 8.84. The van der Waals surface area contributed by atoms with Crippen molar-refractivity contribution in [2.75, 3.05) is 31.1 Å². The Morgan fingerprint density at radius 2 is 1.75 bits per heavy atom. The lowest BCUT2D eigenvalue weighted by molar-refractivity contribution is 0.0746. The number of halogens is 2. The smallest absolute Gasteiger partial charge is 0.254 e. The maximum absolute atomic E-state index is 13.4. The molecule has 0 aliphatic carbocycles. The number of carbonyl (C=O) groups excluding carboxylic acids is 1. The fourth-order valence-electron chi connectivity index (χ4n) is 3.18. The lowest BCUT2D eigenvalue weighted by Crippen LogP contribution is -2.49. The third kappa shape index (κ3) is 3.55. The number of aryl methyl sites for hydroxylation is 1. The van der Waals surface area contributed by atoms with Crippen LogP contribution in [0.3, 0.4) is 0 Å². The van der Waals surface area contributed by atoms with Crippen LogP contribution in [-0.4, -0.2) is 56.5 Å². The molecule has 1 amide bonds. The Kier molecular flexibility index (Phi) is 4.72. The van der Waals surface area contributed by atoms with Gasteiger partial charge < -0.3 is 9.80 Å². The van der Waals surface area contributed by atoms with Gasteiger partial charge in [0.1, 0.15) is 23.8 Å². The molecule has 7 nitrogen and oxygen atoms in total. The van der Waals surface area contributed by atoms with E-state index in [0.29, 0.717) is 32.0 Å². The predicted octanol–water partition coefficient (Wildman–Crippen LogP) is 2.21. The van der Waals surface area contributed by atoms with Crippen LogP contribution in [0.2, 0.25) is 0 Å². The van der Waals surface area contributed by atoms with Crippen LogP contribution in [-0.2, 0) is 0 Å². The Hall–Kier alpha value is -3.36. The number of imidazole rings is 1. The second-order valence-electron chi connectivity index (χ2n) is 6.51. The number of carbonyl (C=O) groups is 1. The summed E-state index contributed by atoms with van der Waals surface area (Å²) in [4.78, 5) is 29.2. The zero-order valence-corrected chi connectivity index (χ0v) is 15.2. The summed E-state index contributed by atoms with van der Waals surface area (Å²) in [5.41, 5.74) is 0.146. The molecule has 0 atom stereocenters. The van der Waals surface area contributed by atoms with Crippen molar-refractivity contribution in [1.29, 1.82) is 0 Å². The van der Waals surface area contributed by atoms with Crippen LogP contribution in [0.4, 0.5) is 14.6 Å². The fourth-order valence-corrected chi connectivity index (χ4v) is 3.18. The summed E-state index contributed by atoms with van der Waals surface area (Å²) in [5.74, 6) is -0.156. The van der Waals surface area contributed by atoms with Crippen molar-refractivity contribution in [3.05, 3.63) is 66.0 Å². The molecule has 0 bridgehead atoms. The Morgan fingerprint density at radius 1 is 1.00 bits per heavy atom. The number of hydrogen-bond donors (Lipinski definition) is 0. The van der Waals surface area contributed by atoms with Gasteiger partial charge in [-0.15, -0.1) is 0 Å². The number of piperazine rings is 1. The Bertz CT molecular complexity index is 1000. The highest BCUT2D eigenvalue weighted by Gasteiger charge is 2.24. The summed E-state index contributed by atoms with van der Waals surface area (Å²) in [6.45, 7) is 3.90. The molecule has 4 rings (SSSR count). The Morgan fingerprint density at radius 3 is 2.43 bits per heavy atom. The van der Waals surface area contributed by atoms with Crippen LogP contribution in [0.25, 0.3) is 5.82 Å². The molecule has 2 aromatic heterocycles. The van der Waals surface area contributed by atoms with Gasteiger partial charge in [-0.25, -0.2) is 23.7 Å². The predicted molar refractivity (Wildman–Crippen MR) is 98.4 cm³/mol. The van der Waals surface area contributed by atoms with E-state index in [2.05, 4.69) is 19.9 Å². The second-order valence-corrected chi connectivity index (χ2v) is 6.51. The molecule has 3 aromatic rings. The van der Waals surface area contributed by atoms with E-state index in [1.807, 2.05) is 19.2 Å². The minimum Gasteiger partial charge on any atom is -0.353 e. The van der Waals surface area contributed by atoms with Gasteiger partial charge in [-0.3, -0.25) is 9.36 Å². The van der Waals surface area contributed by atoms with Gasteiger partial charge in [0.2, 0.25) is 0 Å². The summed E-state index contributed by atoms with van der Waals surface area (Å²) in [6, 6.07) is 5.09. The second kappa shape index (κ2) is 7.34. The number of aromatic nitrogens is 4. The van der Waals surface area contributed by atoms with Gasteiger partial charge in [-0.05, 0) is 25.1 Å². The molecule has 1 fully saturated rings. The average Bonchev–Trinajstić information content (AvgIpc) is 3.24. The lowest BCUT2D eigenvalue weighted by Gasteiger charge is -2.35. The van der Waals surface area contributed by atoms with Crippen molar-refractivity contribution in [3.63, 3.8) is 0 Å². The largest absolute Gasteiger partial charge is 0.353 e. The number of rotatable bonds is 3. The molecule has 0 radical (unpaired) electrons. The van der Waals surface area contributed by atoms with Crippen LogP contribution >= 0.6 is 0 Å². The number of amides is 1. The first kappa shape index (κ1) is 18.0. The monoisotopic (exact) mass is 384 g/mol. The van der Waals surface area contributed by atoms with E-state index in [1.165, 1.54) is 6.07 Å². The van der Waals surface area contributed by atoms with Crippen molar-refractivity contribution in [3.8, 4) is 5.82 Å². The minimum atomic E-state index is -1.02. The molecule has 1 aliphatic rings. The topological polar surface area (TPSA) is 67.2 Å². The average molecular weight is 384 g/mol. The van der Waals surface area contributed by atoms with E-state index in [4.69, 9.17) is 0 Å². The molecule has 0 unspecified atom stereocenters. The fraction of sp³-hybridized carbons (Fsp3) is 0.263. The zero-order valence-electron chi connectivity index (χ0n) is 15.2. The van der Waals surface area contributed by atoms with Crippen molar-refractivity contribution in [1.82, 2.24) is 24.4 Å². The molecule has 28 heavy (non-hydrogen) atoms. The normalized spacial score (nSPS) is 14.4. The Balaban J connectivity index is 1.47. The van der Waals surface area contributed by atoms with E-state index < -0.39 is 11.6 Å². The van der Waals surface area contributed by atoms with Gasteiger partial charge in [0.25, 0.3) is 5.91 Å². The van der Waals surface area contributed by atoms with Crippen molar-refractivity contribution >= 4 is 11.7 Å². The van der Waals surface area contributed by atoms with Crippen molar-refractivity contribution in [2.24, 2.45) is 0 Å². The molecular weight excluding hydrogens is 366 g/mol. The molecule has 144 valence electrons. The van der Waals surface area contributed by atoms with Crippen LogP contribution in [0.1, 0.15) is 16.2 Å². The van der Waals surface area contributed by atoms with E-state index in [9.17, 15) is 13.6 Å². The lowest BCUT2D eigenvalue weighted by atomic mass is 10.1. The van der Waals surface area contributed by atoms with Gasteiger partial charge in [-0.1, -0.05) is 0 Å². The molecule has 1 aromatic carbocycles. The number of nitrogens with zero attached hydrogens (tertiary/aromatic N) is 6. The molecule has 0 N–H and O–H groups in total. The van der Waals surface area contributed by atoms with Crippen LogP contribution < -0.4 is 4.90 Å². The van der Waals surface area contributed by atoms with E-state index in [1.54, 1.807) is 22.0 Å². The summed E-state index contributed by atoms with van der Waals surface area (Å²) in [7, 11) is 0. The van der Waals surface area contributed by atoms with Gasteiger partial charge in [0.15, 0.2) is 11.6 Å². The van der Waals surface area contributed by atoms with E-state index in [0.717, 1.165) is 23.8 Å². The summed E-state index contributed by atoms with van der Waals surface area (Å²) in [5, 5.41) is 0. The van der Waals surface area contributed by atoms with Crippen LogP contribution in [0, 0.1) is 18.6 Å². The maximum Gasteiger partial charge on any atom is 0.254 e. The molecule has 1 saturated heterocycles. The highest BCUT2D eigenvalue weighted by molar-refractivity contribution is 5.94. The standard InChI is InChI=1S/C19H18F2N6O/c1-13-23-17(11-18(24-13)27-5-4-22-12-27)25-6-8-26(9-7-25)19(28)14-2-3-15(20)16(21)10-14/h2-5,10-12H,6-9H2,1H3. The van der Waals surface area contributed by atoms with Gasteiger partial charge in [0.05, 0.1) is 0 Å². The van der Waals surface area contributed by atoms with E-state index in [-0.39, 0.29) is 11.5 Å². The quantitative estimate of drug-likeness (QED) is 0.693. The van der Waals surface area contributed by atoms with Crippen LogP contribution in [0.5, 0.6) is 0 Å². The number of benzene rings is 1. The highest BCUT2D eigenvalue weighted by atomic mass is 19.2. The van der Waals surface area contributed by atoms with Crippen LogP contribution in [0.15, 0.2) is 43.0 Å². The minimum absolute atomic E-state index is 0.146. The first-order valence-electron chi connectivity index (χ1n) is 8.84. The third-order valence-corrected chi connectivity index (χ3v) is 4.64. The molecule has 3 heterocycles. The summed E-state index contributed by atoms with van der Waals surface area (Å²) >= 11 is 0. The zero-order chi connectivity index (χ0) is 19.7. The van der Waals surface area contributed by atoms with Gasteiger partial charge >= 0.3 is 0 Å². The number of anilines is 1. The molecule has 0 saturated carbocycles. The molecule has 0 spiro atoms. The SMILES string of the molecule is Cc1nc(N2CCN(C(=O)c3ccc(F)c(F)c3)CC2)cc(-n2ccnc2)n1. The van der Waals surface area contributed by atoms with Gasteiger partial charge in [-0.2, -0.15) is 0 Å².